The van der Waals surface area contributed by atoms with E-state index in [1.807, 2.05) is 46.7 Å². The van der Waals surface area contributed by atoms with Crippen molar-refractivity contribution in [3.63, 3.8) is 0 Å². The van der Waals surface area contributed by atoms with Gasteiger partial charge in [0.25, 0.3) is 5.91 Å². The Kier molecular flexibility index (Phi) is 4.33. The normalized spacial score (nSPS) is 15.5. The molecule has 0 N–H and O–H groups in total. The molecule has 1 fully saturated rings. The van der Waals surface area contributed by atoms with Crippen LogP contribution in [-0.4, -0.2) is 56.3 Å². The molecular weight excluding hydrogens is 370 g/mol. The van der Waals surface area contributed by atoms with E-state index in [-0.39, 0.29) is 5.91 Å². The van der Waals surface area contributed by atoms with Crippen molar-refractivity contribution in [1.82, 2.24) is 24.2 Å². The van der Waals surface area contributed by atoms with Gasteiger partial charge in [-0.1, -0.05) is 18.2 Å². The summed E-state index contributed by atoms with van der Waals surface area (Å²) in [5, 5.41) is 1.14. The van der Waals surface area contributed by atoms with Crippen molar-refractivity contribution in [2.45, 2.75) is 13.5 Å². The minimum atomic E-state index is 0.0164. The van der Waals surface area contributed by atoms with Gasteiger partial charge in [-0.3, -0.25) is 9.69 Å². The highest BCUT2D eigenvalue weighted by molar-refractivity contribution is 7.18. The molecule has 1 aliphatic rings. The molecule has 7 heteroatoms. The molecule has 0 unspecified atom stereocenters. The summed E-state index contributed by atoms with van der Waals surface area (Å²) >= 11 is 1.75. The van der Waals surface area contributed by atoms with E-state index in [2.05, 4.69) is 28.1 Å². The molecule has 6 nitrogen and oxygen atoms in total. The second-order valence-electron chi connectivity index (χ2n) is 7.17. The monoisotopic (exact) mass is 391 g/mol. The molecule has 0 bridgehead atoms. The third kappa shape index (κ3) is 3.16. The lowest BCUT2D eigenvalue weighted by Gasteiger charge is -2.33. The van der Waals surface area contributed by atoms with Gasteiger partial charge in [0, 0.05) is 38.1 Å². The number of rotatable bonds is 3. The van der Waals surface area contributed by atoms with Crippen LogP contribution in [0.3, 0.4) is 0 Å². The van der Waals surface area contributed by atoms with Crippen LogP contribution in [0.2, 0.25) is 0 Å². The fourth-order valence-electron chi connectivity index (χ4n) is 3.70. The first-order valence-electron chi connectivity index (χ1n) is 9.48. The van der Waals surface area contributed by atoms with Crippen molar-refractivity contribution >= 4 is 33.1 Å². The van der Waals surface area contributed by atoms with Gasteiger partial charge in [0.1, 0.15) is 16.3 Å². The molecule has 0 radical (unpaired) electrons. The molecule has 142 valence electrons. The van der Waals surface area contributed by atoms with Crippen molar-refractivity contribution in [3.05, 3.63) is 65.1 Å². The van der Waals surface area contributed by atoms with E-state index in [1.54, 1.807) is 11.3 Å². The molecule has 28 heavy (non-hydrogen) atoms. The van der Waals surface area contributed by atoms with Crippen LogP contribution in [0, 0.1) is 6.92 Å². The molecule has 4 aromatic rings. The Balaban J connectivity index is 1.24. The maximum atomic E-state index is 12.9. The zero-order valence-corrected chi connectivity index (χ0v) is 16.5. The van der Waals surface area contributed by atoms with E-state index in [1.165, 1.54) is 4.70 Å². The molecule has 1 aliphatic heterocycles. The van der Waals surface area contributed by atoms with Crippen molar-refractivity contribution in [3.8, 4) is 0 Å². The topological polar surface area (TPSA) is 53.7 Å². The van der Waals surface area contributed by atoms with Crippen LogP contribution in [-0.2, 0) is 6.54 Å². The highest BCUT2D eigenvalue weighted by Gasteiger charge is 2.24. The van der Waals surface area contributed by atoms with Gasteiger partial charge in [-0.15, -0.1) is 11.3 Å². The SMILES string of the molecule is Cc1cccc2nc(C(=O)N3CCN(Cc4nc5ccccc5s4)CC3)cn12. The Morgan fingerprint density at radius 1 is 1.04 bits per heavy atom. The minimum absolute atomic E-state index is 0.0164. The third-order valence-corrected chi connectivity index (χ3v) is 6.29. The highest BCUT2D eigenvalue weighted by Crippen LogP contribution is 2.23. The fraction of sp³-hybridized carbons (Fsp3) is 0.286. The number of amides is 1. The first-order chi connectivity index (χ1) is 13.7. The molecule has 1 aromatic carbocycles. The smallest absolute Gasteiger partial charge is 0.274 e. The Morgan fingerprint density at radius 3 is 2.64 bits per heavy atom. The first-order valence-corrected chi connectivity index (χ1v) is 10.3. The van der Waals surface area contributed by atoms with E-state index in [9.17, 15) is 4.79 Å². The Bertz CT molecular complexity index is 1120. The standard InChI is InChI=1S/C21H21N5OS/c1-15-5-4-8-19-22-17(13-26(15)19)21(27)25-11-9-24(10-12-25)14-20-23-16-6-2-3-7-18(16)28-20/h2-8,13H,9-12,14H2,1H3. The van der Waals surface area contributed by atoms with Crippen LogP contribution >= 0.6 is 11.3 Å². The van der Waals surface area contributed by atoms with Crippen LogP contribution in [0.1, 0.15) is 21.2 Å². The number of piperazine rings is 1. The van der Waals surface area contributed by atoms with Crippen molar-refractivity contribution in [1.29, 1.82) is 0 Å². The molecule has 3 aromatic heterocycles. The Hall–Kier alpha value is -2.77. The van der Waals surface area contributed by atoms with Crippen LogP contribution < -0.4 is 0 Å². The number of aromatic nitrogens is 3. The van der Waals surface area contributed by atoms with Gasteiger partial charge < -0.3 is 9.30 Å². The highest BCUT2D eigenvalue weighted by atomic mass is 32.1. The summed E-state index contributed by atoms with van der Waals surface area (Å²) in [6.45, 7) is 6.01. The van der Waals surface area contributed by atoms with Gasteiger partial charge in [-0.05, 0) is 31.2 Å². The number of para-hydroxylation sites is 1. The van der Waals surface area contributed by atoms with Crippen molar-refractivity contribution in [2.24, 2.45) is 0 Å². The molecule has 1 saturated heterocycles. The fourth-order valence-corrected chi connectivity index (χ4v) is 4.71. The number of hydrogen-bond donors (Lipinski definition) is 0. The molecule has 1 amide bonds. The quantitative estimate of drug-likeness (QED) is 0.538. The number of carbonyl (C=O) groups excluding carboxylic acids is 1. The molecule has 0 aliphatic carbocycles. The number of carbonyl (C=O) groups is 1. The molecular formula is C21H21N5OS. The number of pyridine rings is 1. The van der Waals surface area contributed by atoms with E-state index in [0.29, 0.717) is 5.69 Å². The zero-order chi connectivity index (χ0) is 19.1. The van der Waals surface area contributed by atoms with Gasteiger partial charge >= 0.3 is 0 Å². The first kappa shape index (κ1) is 17.3. The predicted molar refractivity (Wildman–Crippen MR) is 111 cm³/mol. The summed E-state index contributed by atoms with van der Waals surface area (Å²) < 4.78 is 3.20. The number of aryl methyl sites for hydroxylation is 1. The predicted octanol–water partition coefficient (Wildman–Crippen LogP) is 3.21. The maximum Gasteiger partial charge on any atom is 0.274 e. The second-order valence-corrected chi connectivity index (χ2v) is 8.28. The number of nitrogens with zero attached hydrogens (tertiary/aromatic N) is 5. The van der Waals surface area contributed by atoms with Crippen LogP contribution in [0.5, 0.6) is 0 Å². The van der Waals surface area contributed by atoms with E-state index < -0.39 is 0 Å². The van der Waals surface area contributed by atoms with Crippen LogP contribution in [0.4, 0.5) is 0 Å². The van der Waals surface area contributed by atoms with Gasteiger partial charge in [0.15, 0.2) is 0 Å². The Labute approximate surface area is 167 Å². The molecule has 0 atom stereocenters. The summed E-state index contributed by atoms with van der Waals surface area (Å²) in [4.78, 5) is 26.4. The van der Waals surface area contributed by atoms with Crippen LogP contribution in [0.25, 0.3) is 15.9 Å². The second kappa shape index (κ2) is 7.00. The molecule has 0 saturated carbocycles. The van der Waals surface area contributed by atoms with Crippen molar-refractivity contribution < 1.29 is 4.79 Å². The van der Waals surface area contributed by atoms with E-state index in [4.69, 9.17) is 4.98 Å². The lowest BCUT2D eigenvalue weighted by Crippen LogP contribution is -2.48. The van der Waals surface area contributed by atoms with Gasteiger partial charge in [-0.2, -0.15) is 0 Å². The van der Waals surface area contributed by atoms with E-state index in [0.717, 1.165) is 54.6 Å². The summed E-state index contributed by atoms with van der Waals surface area (Å²) in [5.41, 5.74) is 3.48. The van der Waals surface area contributed by atoms with E-state index >= 15 is 0 Å². The third-order valence-electron chi connectivity index (χ3n) is 5.27. The largest absolute Gasteiger partial charge is 0.335 e. The van der Waals surface area contributed by atoms with Crippen LogP contribution in [0.15, 0.2) is 48.7 Å². The average Bonchev–Trinajstić information content (AvgIpc) is 3.32. The van der Waals surface area contributed by atoms with Gasteiger partial charge in [-0.25, -0.2) is 9.97 Å². The zero-order valence-electron chi connectivity index (χ0n) is 15.7. The summed E-state index contributed by atoms with van der Waals surface area (Å²) in [6, 6.07) is 14.2. The van der Waals surface area contributed by atoms with Gasteiger partial charge in [0.2, 0.25) is 0 Å². The Morgan fingerprint density at radius 2 is 1.86 bits per heavy atom. The van der Waals surface area contributed by atoms with Crippen molar-refractivity contribution in [2.75, 3.05) is 26.2 Å². The number of thiazole rings is 1. The minimum Gasteiger partial charge on any atom is -0.335 e. The number of fused-ring (bicyclic) bond motifs is 2. The summed E-state index contributed by atoms with van der Waals surface area (Å²) in [6.07, 6.45) is 1.85. The number of imidazole rings is 1. The molecule has 0 spiro atoms. The number of hydrogen-bond acceptors (Lipinski definition) is 5. The molecule has 4 heterocycles. The molecule has 5 rings (SSSR count). The van der Waals surface area contributed by atoms with Gasteiger partial charge in [0.05, 0.1) is 16.8 Å². The lowest BCUT2D eigenvalue weighted by molar-refractivity contribution is 0.0623. The maximum absolute atomic E-state index is 12.9. The summed E-state index contributed by atoms with van der Waals surface area (Å²) in [5.74, 6) is 0.0164. The lowest BCUT2D eigenvalue weighted by atomic mass is 10.3. The number of benzene rings is 1. The summed E-state index contributed by atoms with van der Waals surface area (Å²) in [7, 11) is 0. The average molecular weight is 392 g/mol.